The van der Waals surface area contributed by atoms with E-state index in [2.05, 4.69) is 175 Å². The van der Waals surface area contributed by atoms with Gasteiger partial charge in [0.2, 0.25) is 6.10 Å². The first-order valence-corrected chi connectivity index (χ1v) is 46.8. The number of carbonyl (C=O) groups is 6. The van der Waals surface area contributed by atoms with Crippen molar-refractivity contribution in [3.05, 3.63) is 139 Å². The number of carbonyl (C=O) groups excluding carboxylic acids is 6. The van der Waals surface area contributed by atoms with E-state index in [4.69, 9.17) is 37.9 Å². The van der Waals surface area contributed by atoms with Gasteiger partial charge >= 0.3 is 42.0 Å². The van der Waals surface area contributed by atoms with E-state index in [9.17, 15) is 60.0 Å². The molecule has 0 radical (unpaired) electrons. The second-order valence-electron chi connectivity index (χ2n) is 39.4. The SMILES string of the molecule is CCC(C)(C)C(=O)OC(C)(C)C12CC3CC(CC(C3)C1)C2.CCC(C)(C)C(=O)OC12CC3CC(C1)CC(C(=O)OC(CS(=O)(=O)[O-])C(F)(F)F)(C3)C2.CCC(C)(C)C(=O)OC1C2CC3C(=O)OC1C3O2.CCC(C)(C)C(=O)Oc1cc(O)cc(OC)c1.CCC(C)c1ccc(OC(C)(C)CC)cc1.c1ccc([S+](c2ccccc2)c2ccccc2)cc1. The molecule has 3 aliphatic heterocycles. The third-order valence-corrected chi connectivity index (χ3v) is 30.7. The van der Waals surface area contributed by atoms with Gasteiger partial charge in [0.25, 0.3) is 0 Å². The van der Waals surface area contributed by atoms with Crippen LogP contribution in [-0.2, 0) is 78.2 Å². The fourth-order valence-electron chi connectivity index (χ4n) is 18.6. The second-order valence-corrected chi connectivity index (χ2v) is 42.8. The van der Waals surface area contributed by atoms with Crippen molar-refractivity contribution in [2.75, 3.05) is 12.9 Å². The van der Waals surface area contributed by atoms with Crippen LogP contribution in [-0.4, -0.2) is 120 Å². The minimum absolute atomic E-state index is 0.00100. The lowest BCUT2D eigenvalue weighted by atomic mass is 9.46. The maximum Gasteiger partial charge on any atom is 0.426 e. The number of aromatic hydroxyl groups is 1. The predicted molar refractivity (Wildman–Crippen MR) is 462 cm³/mol. The van der Waals surface area contributed by atoms with E-state index in [-0.39, 0.29) is 105 Å². The monoisotopic (exact) mass is 1740 g/mol. The van der Waals surface area contributed by atoms with Crippen LogP contribution in [0.15, 0.2) is 148 Å². The maximum absolute atomic E-state index is 13.3. The molecule has 3 saturated heterocycles. The number of phenols is 1. The first-order chi connectivity index (χ1) is 56.9. The van der Waals surface area contributed by atoms with Crippen molar-refractivity contribution in [1.29, 1.82) is 0 Å². The Morgan fingerprint density at radius 3 is 1.48 bits per heavy atom. The van der Waals surface area contributed by atoms with Crippen LogP contribution in [0.4, 0.5) is 13.2 Å². The summed E-state index contributed by atoms with van der Waals surface area (Å²) in [5.41, 5.74) is -3.11. The molecule has 9 atom stereocenters. The van der Waals surface area contributed by atoms with Crippen molar-refractivity contribution in [2.45, 2.75) is 328 Å². The molecule has 11 fully saturated rings. The molecule has 0 aromatic heterocycles. The number of hydrogen-bond donors (Lipinski definition) is 1. The fraction of sp³-hybridized carbons (Fsp3) is 0.633. The molecule has 8 aliphatic carbocycles. The molecule has 10 bridgehead atoms. The van der Waals surface area contributed by atoms with Crippen molar-refractivity contribution in [3.63, 3.8) is 0 Å². The molecule has 11 aliphatic rings. The van der Waals surface area contributed by atoms with Crippen LogP contribution in [0.25, 0.3) is 0 Å². The van der Waals surface area contributed by atoms with Crippen LogP contribution >= 0.6 is 0 Å². The summed E-state index contributed by atoms with van der Waals surface area (Å²) >= 11 is 0. The number of halogens is 3. The highest BCUT2D eigenvalue weighted by Crippen LogP contribution is 2.66. The number of hydrogen-bond acceptors (Lipinski definition) is 19. The zero-order chi connectivity index (χ0) is 90.2. The van der Waals surface area contributed by atoms with Crippen LogP contribution < -0.4 is 14.2 Å². The molecule has 19 nitrogen and oxygen atoms in total. The van der Waals surface area contributed by atoms with E-state index in [1.54, 1.807) is 19.9 Å². The van der Waals surface area contributed by atoms with Crippen molar-refractivity contribution < 1.29 is 103 Å². The average molecular weight is 1740 g/mol. The number of benzene rings is 5. The molecule has 5 aromatic carbocycles. The van der Waals surface area contributed by atoms with Gasteiger partial charge in [-0.15, -0.1) is 0 Å². The number of alkyl halides is 3. The highest BCUT2D eigenvalue weighted by Gasteiger charge is 2.67. The number of ether oxygens (including phenoxy) is 9. The lowest BCUT2D eigenvalue weighted by Crippen LogP contribution is -2.61. The van der Waals surface area contributed by atoms with Crippen LogP contribution in [0.2, 0.25) is 0 Å². The highest BCUT2D eigenvalue weighted by molar-refractivity contribution is 7.97. The van der Waals surface area contributed by atoms with Gasteiger partial charge in [-0.2, -0.15) is 13.2 Å². The molecule has 5 aromatic rings. The van der Waals surface area contributed by atoms with Gasteiger partial charge in [0.15, 0.2) is 26.9 Å². The number of methoxy groups -OCH3 is 1. The Hall–Kier alpha value is -7.67. The molecule has 0 spiro atoms. The van der Waals surface area contributed by atoms with Gasteiger partial charge in [0.05, 0.1) is 73.0 Å². The Morgan fingerprint density at radius 1 is 0.566 bits per heavy atom. The fourth-order valence-corrected chi connectivity index (χ4v) is 21.4. The number of rotatable bonds is 26. The number of phenolic OH excluding ortho intramolecular Hbond substituents is 1. The second kappa shape index (κ2) is 39.5. The third kappa shape index (κ3) is 24.3. The first kappa shape index (κ1) is 98.1. The van der Waals surface area contributed by atoms with Gasteiger partial charge in [0, 0.05) is 30.0 Å². The summed E-state index contributed by atoms with van der Waals surface area (Å²) in [6, 6.07) is 45.1. The molecule has 16 rings (SSSR count). The molecular weight excluding hydrogens is 1600 g/mol. The topological polar surface area (TPSA) is 263 Å². The standard InChI is InChI=1S/C20H29F3O7S.C19H32O2.C18H15S.C15H24O.C13H18O5.C13H18O4/c1-4-17(2,3)15(24)30-19-8-12-5-13(9-19)7-18(6-12,11-19)16(25)29-14(20(21,22)23)10-31(26,27)28;1-6-17(2,3)16(20)21-18(4,5)19-10-13-7-14(11-19)9-15(8-13)12-19;1-4-10-16(11-5-1)19(17-12-6-2-7-13-17)18-14-8-3-9-15-18;1-6-12(3)13-8-10-14(11-9-13)16-15(4,5)7-2;1-4-13(2,3)12(15)18-9-7-5-6-8(16-7)10(9)17-11(6)14;1-5-13(2,3)12(15)17-11-7-9(14)6-10(8-11)16-4/h12-14H,4-11H2,1-3H3,(H,26,27,28);13-15H,6-12H2,1-5H3;1-15H;8-12H,6-7H2,1-5H3;6-10H,4-5H2,1-3H3;6-8,14H,5H2,1-4H3/q;;+1;;;/p-1. The van der Waals surface area contributed by atoms with Gasteiger partial charge in [-0.1, -0.05) is 115 Å². The van der Waals surface area contributed by atoms with Crippen molar-refractivity contribution in [3.8, 4) is 23.0 Å². The van der Waals surface area contributed by atoms with Crippen molar-refractivity contribution >= 4 is 56.8 Å². The van der Waals surface area contributed by atoms with Crippen molar-refractivity contribution in [1.82, 2.24) is 0 Å². The smallest absolute Gasteiger partial charge is 0.426 e. The van der Waals surface area contributed by atoms with E-state index in [0.29, 0.717) is 63.0 Å². The molecule has 3 heterocycles. The highest BCUT2D eigenvalue weighted by atomic mass is 32.2. The first-order valence-electron chi connectivity index (χ1n) is 44.0. The summed E-state index contributed by atoms with van der Waals surface area (Å²) < 4.78 is 122. The van der Waals surface area contributed by atoms with Gasteiger partial charge in [-0.3, -0.25) is 28.8 Å². The van der Waals surface area contributed by atoms with Gasteiger partial charge in [0.1, 0.15) is 45.9 Å². The van der Waals surface area contributed by atoms with Crippen LogP contribution in [0.5, 0.6) is 23.0 Å². The normalized spacial score (nSPS) is 26.3. The molecule has 122 heavy (non-hydrogen) atoms. The summed E-state index contributed by atoms with van der Waals surface area (Å²) in [4.78, 5) is 77.8. The van der Waals surface area contributed by atoms with Crippen LogP contribution in [0.3, 0.4) is 0 Å². The van der Waals surface area contributed by atoms with E-state index in [0.717, 1.165) is 42.8 Å². The molecule has 24 heteroatoms. The maximum atomic E-state index is 13.3. The Labute approximate surface area is 725 Å². The Kier molecular flexibility index (Phi) is 31.8. The van der Waals surface area contributed by atoms with E-state index in [1.807, 2.05) is 62.3 Å². The molecule has 8 saturated carbocycles. The summed E-state index contributed by atoms with van der Waals surface area (Å²) in [5, 5.41) is 9.43. The molecule has 0 amide bonds. The quantitative estimate of drug-likeness (QED) is 0.0177. The predicted octanol–water partition coefficient (Wildman–Crippen LogP) is 21.6. The minimum atomic E-state index is -5.27. The minimum Gasteiger partial charge on any atom is -0.748 e. The zero-order valence-electron chi connectivity index (χ0n) is 75.5. The molecule has 1 N–H and O–H groups in total. The summed E-state index contributed by atoms with van der Waals surface area (Å²) in [6.07, 6.45) is 6.86. The Bertz CT molecular complexity index is 4320. The molecule has 674 valence electrons. The van der Waals surface area contributed by atoms with E-state index in [1.165, 1.54) is 84.4 Å². The van der Waals surface area contributed by atoms with Gasteiger partial charge < -0.3 is 52.3 Å². The Morgan fingerprint density at radius 2 is 1.02 bits per heavy atom. The van der Waals surface area contributed by atoms with Gasteiger partial charge in [-0.05, 0) is 288 Å². The number of esters is 6. The average Bonchev–Trinajstić information content (AvgIpc) is 1.24. The van der Waals surface area contributed by atoms with Gasteiger partial charge in [-0.25, -0.2) is 8.42 Å². The Balaban J connectivity index is 0.000000169. The zero-order valence-corrected chi connectivity index (χ0v) is 77.2. The summed E-state index contributed by atoms with van der Waals surface area (Å²) in [7, 11) is -3.80. The third-order valence-electron chi connectivity index (χ3n) is 27.7. The molecule has 9 unspecified atom stereocenters. The summed E-state index contributed by atoms with van der Waals surface area (Å²) in [5.74, 6) is 0.653. The molecular formula is C98H135F3O19S2. The van der Waals surface area contributed by atoms with E-state index >= 15 is 0 Å². The largest absolute Gasteiger partial charge is 0.748 e. The van der Waals surface area contributed by atoms with Crippen LogP contribution in [0, 0.1) is 68.0 Å². The van der Waals surface area contributed by atoms with Crippen LogP contribution in [0.1, 0.15) is 265 Å². The van der Waals surface area contributed by atoms with Crippen molar-refractivity contribution in [2.24, 2.45) is 68.0 Å². The van der Waals surface area contributed by atoms with E-state index < -0.39 is 79.6 Å². The number of fused-ring (bicyclic) bond motifs is 1. The summed E-state index contributed by atoms with van der Waals surface area (Å²) in [6.45, 7) is 37.9. The lowest BCUT2D eigenvalue weighted by Gasteiger charge is -2.61. The lowest BCUT2D eigenvalue weighted by molar-refractivity contribution is -0.239.